The van der Waals surface area contributed by atoms with Gasteiger partial charge in [0.1, 0.15) is 0 Å². The van der Waals surface area contributed by atoms with Crippen LogP contribution in [-0.4, -0.2) is 55.9 Å². The first-order chi connectivity index (χ1) is 12.1. The van der Waals surface area contributed by atoms with Crippen molar-refractivity contribution in [2.24, 2.45) is 0 Å². The Morgan fingerprint density at radius 2 is 2.40 bits per heavy atom. The summed E-state index contributed by atoms with van der Waals surface area (Å²) in [4.78, 5) is 18.8. The fourth-order valence-corrected chi connectivity index (χ4v) is 3.74. The van der Waals surface area contributed by atoms with Crippen LogP contribution in [0.3, 0.4) is 0 Å². The van der Waals surface area contributed by atoms with Crippen LogP contribution in [-0.2, 0) is 17.9 Å². The van der Waals surface area contributed by atoms with E-state index < -0.39 is 6.10 Å². The van der Waals surface area contributed by atoms with E-state index in [1.165, 1.54) is 0 Å². The van der Waals surface area contributed by atoms with Crippen molar-refractivity contribution in [3.8, 4) is 0 Å². The molecule has 0 radical (unpaired) electrons. The summed E-state index contributed by atoms with van der Waals surface area (Å²) in [6.07, 6.45) is 5.04. The lowest BCUT2D eigenvalue weighted by molar-refractivity contribution is -0.123. The number of rotatable bonds is 7. The zero-order valence-electron chi connectivity index (χ0n) is 14.5. The Labute approximate surface area is 151 Å². The molecule has 3 rings (SSSR count). The molecule has 0 saturated carbocycles. The minimum Gasteiger partial charge on any atom is -0.390 e. The van der Waals surface area contributed by atoms with Gasteiger partial charge in [0.05, 0.1) is 22.8 Å². The molecule has 1 fully saturated rings. The lowest BCUT2D eigenvalue weighted by atomic mass is 10.0. The lowest BCUT2D eigenvalue weighted by Crippen LogP contribution is -2.53. The third-order valence-electron chi connectivity index (χ3n) is 4.41. The number of carbonyl (C=O) groups excluding carboxylic acids is 1. The molecule has 136 valence electrons. The number of hydrogen-bond acceptors (Lipinski definition) is 6. The highest BCUT2D eigenvalue weighted by Crippen LogP contribution is 2.16. The van der Waals surface area contributed by atoms with Crippen LogP contribution in [0.4, 0.5) is 0 Å². The molecule has 0 unspecified atom stereocenters. The van der Waals surface area contributed by atoms with Crippen LogP contribution < -0.4 is 5.32 Å². The molecule has 2 atom stereocenters. The number of aliphatic hydroxyl groups excluding tert-OH is 1. The first-order valence-corrected chi connectivity index (χ1v) is 9.56. The van der Waals surface area contributed by atoms with Crippen LogP contribution in [0.2, 0.25) is 0 Å². The summed E-state index contributed by atoms with van der Waals surface area (Å²) in [6.45, 7) is 4.90. The number of nitrogens with one attached hydrogen (secondary N) is 1. The van der Waals surface area contributed by atoms with Crippen LogP contribution in [0, 0.1) is 6.92 Å². The van der Waals surface area contributed by atoms with E-state index in [1.54, 1.807) is 17.5 Å². The van der Waals surface area contributed by atoms with Crippen molar-refractivity contribution >= 4 is 17.2 Å². The molecular weight excluding hydrogens is 338 g/mol. The fourth-order valence-electron chi connectivity index (χ4n) is 3.13. The Morgan fingerprint density at radius 3 is 3.08 bits per heavy atom. The van der Waals surface area contributed by atoms with Crippen molar-refractivity contribution in [1.82, 2.24) is 25.0 Å². The molecular formula is C17H25N5O2S. The zero-order valence-corrected chi connectivity index (χ0v) is 15.3. The number of amides is 1. The molecule has 1 aliphatic heterocycles. The first-order valence-electron chi connectivity index (χ1n) is 8.68. The number of carbonyl (C=O) groups is 1. The largest absolute Gasteiger partial charge is 0.390 e. The van der Waals surface area contributed by atoms with E-state index >= 15 is 0 Å². The maximum Gasteiger partial charge on any atom is 0.220 e. The van der Waals surface area contributed by atoms with E-state index in [4.69, 9.17) is 0 Å². The molecule has 8 heteroatoms. The minimum atomic E-state index is -0.538. The number of nitrogens with zero attached hydrogens (tertiary/aromatic N) is 4. The highest BCUT2D eigenvalue weighted by Gasteiger charge is 2.28. The van der Waals surface area contributed by atoms with E-state index in [0.717, 1.165) is 43.2 Å². The molecule has 2 N–H and O–H groups in total. The van der Waals surface area contributed by atoms with Gasteiger partial charge in [-0.1, -0.05) is 0 Å². The Kier molecular flexibility index (Phi) is 6.17. The van der Waals surface area contributed by atoms with E-state index in [1.807, 2.05) is 23.9 Å². The molecule has 0 aromatic carbocycles. The molecule has 0 spiro atoms. The molecule has 25 heavy (non-hydrogen) atoms. The summed E-state index contributed by atoms with van der Waals surface area (Å²) >= 11 is 1.65. The highest BCUT2D eigenvalue weighted by atomic mass is 32.1. The SMILES string of the molecule is Cc1nc(CN2CC[C@@H](NC(=O)CCCn3cccn3)[C@H](O)C2)cs1. The number of β-amino-alcohol motifs (C(OH)–C–C–N with tert-alkyl or cyclic N) is 1. The van der Waals surface area contributed by atoms with Crippen molar-refractivity contribution < 1.29 is 9.90 Å². The van der Waals surface area contributed by atoms with Gasteiger partial charge < -0.3 is 10.4 Å². The van der Waals surface area contributed by atoms with Gasteiger partial charge >= 0.3 is 0 Å². The molecule has 1 amide bonds. The van der Waals surface area contributed by atoms with Crippen LogP contribution in [0.1, 0.15) is 30.0 Å². The molecule has 3 heterocycles. The lowest BCUT2D eigenvalue weighted by Gasteiger charge is -2.36. The second kappa shape index (κ2) is 8.55. The van der Waals surface area contributed by atoms with Gasteiger partial charge in [0.2, 0.25) is 5.91 Å². The molecule has 7 nitrogen and oxygen atoms in total. The number of likely N-dealkylation sites (tertiary alicyclic amines) is 1. The predicted molar refractivity (Wildman–Crippen MR) is 96.1 cm³/mol. The second-order valence-corrected chi connectivity index (χ2v) is 7.56. The van der Waals surface area contributed by atoms with Crippen molar-refractivity contribution in [2.75, 3.05) is 13.1 Å². The van der Waals surface area contributed by atoms with Gasteiger partial charge in [0, 0.05) is 50.4 Å². The molecule has 2 aromatic rings. The van der Waals surface area contributed by atoms with E-state index in [-0.39, 0.29) is 11.9 Å². The highest BCUT2D eigenvalue weighted by molar-refractivity contribution is 7.09. The van der Waals surface area contributed by atoms with Crippen molar-refractivity contribution in [2.45, 2.75) is 51.4 Å². The summed E-state index contributed by atoms with van der Waals surface area (Å²) in [7, 11) is 0. The fraction of sp³-hybridized carbons (Fsp3) is 0.588. The summed E-state index contributed by atoms with van der Waals surface area (Å²) in [5.74, 6) is -0.000202. The van der Waals surface area contributed by atoms with Crippen molar-refractivity contribution in [3.63, 3.8) is 0 Å². The number of piperidine rings is 1. The van der Waals surface area contributed by atoms with E-state index in [9.17, 15) is 9.90 Å². The van der Waals surface area contributed by atoms with Gasteiger partial charge in [-0.25, -0.2) is 4.98 Å². The Bertz CT molecular complexity index is 672. The molecule has 2 aromatic heterocycles. The van der Waals surface area contributed by atoms with Crippen molar-refractivity contribution in [3.05, 3.63) is 34.5 Å². The van der Waals surface area contributed by atoms with Gasteiger partial charge in [-0.3, -0.25) is 14.4 Å². The van der Waals surface area contributed by atoms with Gasteiger partial charge in [-0.2, -0.15) is 5.10 Å². The number of aromatic nitrogens is 3. The molecule has 0 aliphatic carbocycles. The monoisotopic (exact) mass is 363 g/mol. The smallest absolute Gasteiger partial charge is 0.220 e. The van der Waals surface area contributed by atoms with Crippen molar-refractivity contribution in [1.29, 1.82) is 0 Å². The summed E-state index contributed by atoms with van der Waals surface area (Å²) in [5.41, 5.74) is 1.05. The maximum atomic E-state index is 12.1. The normalized spacial score (nSPS) is 21.4. The Hall–Kier alpha value is -1.77. The first kappa shape index (κ1) is 18.0. The van der Waals surface area contributed by atoms with Crippen LogP contribution in [0.25, 0.3) is 0 Å². The number of hydrogen-bond donors (Lipinski definition) is 2. The van der Waals surface area contributed by atoms with Gasteiger partial charge in [-0.05, 0) is 25.8 Å². The summed E-state index contributed by atoms with van der Waals surface area (Å²) < 4.78 is 1.82. The quantitative estimate of drug-likeness (QED) is 0.772. The Balaban J connectivity index is 1.38. The van der Waals surface area contributed by atoms with Gasteiger partial charge in [-0.15, -0.1) is 11.3 Å². The average Bonchev–Trinajstić information content (AvgIpc) is 3.22. The molecule has 0 bridgehead atoms. The van der Waals surface area contributed by atoms with Crippen LogP contribution in [0.15, 0.2) is 23.8 Å². The summed E-state index contributed by atoms with van der Waals surface area (Å²) in [6, 6.07) is 1.71. The maximum absolute atomic E-state index is 12.1. The Morgan fingerprint density at radius 1 is 1.52 bits per heavy atom. The standard InChI is InChI=1S/C17H25N5O2S/c1-13-19-14(12-25-13)10-21-9-5-15(16(23)11-21)20-17(24)4-2-7-22-8-3-6-18-22/h3,6,8,12,15-16,23H,2,4-5,7,9-11H2,1H3,(H,20,24)/t15-,16-/m1/s1. The van der Waals surface area contributed by atoms with Gasteiger partial charge in [0.15, 0.2) is 0 Å². The number of thiazole rings is 1. The number of aryl methyl sites for hydroxylation is 2. The third-order valence-corrected chi connectivity index (χ3v) is 5.24. The minimum absolute atomic E-state index is 0.000202. The average molecular weight is 363 g/mol. The van der Waals surface area contributed by atoms with Gasteiger partial charge in [0.25, 0.3) is 0 Å². The third kappa shape index (κ3) is 5.35. The second-order valence-electron chi connectivity index (χ2n) is 6.50. The van der Waals surface area contributed by atoms with Crippen LogP contribution in [0.5, 0.6) is 0 Å². The molecule has 1 saturated heterocycles. The zero-order chi connectivity index (χ0) is 17.6. The topological polar surface area (TPSA) is 83.3 Å². The van der Waals surface area contributed by atoms with E-state index in [2.05, 4.69) is 25.7 Å². The summed E-state index contributed by atoms with van der Waals surface area (Å²) in [5, 5.41) is 20.6. The van der Waals surface area contributed by atoms with Crippen LogP contribution >= 0.6 is 11.3 Å². The number of aliphatic hydroxyl groups is 1. The predicted octanol–water partition coefficient (Wildman–Crippen LogP) is 1.18. The molecule has 1 aliphatic rings. The van der Waals surface area contributed by atoms with E-state index in [0.29, 0.717) is 13.0 Å².